The Kier molecular flexibility index (Phi) is 5.38. The summed E-state index contributed by atoms with van der Waals surface area (Å²) in [5.74, 6) is 0.733. The lowest BCUT2D eigenvalue weighted by atomic mass is 10.1. The van der Waals surface area contributed by atoms with Crippen molar-refractivity contribution in [1.82, 2.24) is 5.32 Å². The zero-order valence-electron chi connectivity index (χ0n) is 12.6. The van der Waals surface area contributed by atoms with Gasteiger partial charge >= 0.3 is 0 Å². The lowest BCUT2D eigenvalue weighted by Gasteiger charge is -2.14. The zero-order chi connectivity index (χ0) is 15.2. The highest BCUT2D eigenvalue weighted by molar-refractivity contribution is 7.12. The number of hydrogen-bond donors (Lipinski definition) is 1. The quantitative estimate of drug-likeness (QED) is 0.873. The molecule has 1 atom stereocenters. The Balaban J connectivity index is 1.90. The average Bonchev–Trinajstić information content (AvgIpc) is 2.82. The lowest BCUT2D eigenvalue weighted by molar-refractivity contribution is 0.368. The molecule has 1 unspecified atom stereocenters. The van der Waals surface area contributed by atoms with Gasteiger partial charge in [0.1, 0.15) is 11.8 Å². The average molecular weight is 300 g/mol. The molecule has 2 aromatic rings. The second-order valence-corrected chi connectivity index (χ2v) is 6.41. The first-order valence-corrected chi connectivity index (χ1v) is 7.81. The maximum atomic E-state index is 8.49. The highest BCUT2D eigenvalue weighted by atomic mass is 32.1. The van der Waals surface area contributed by atoms with Gasteiger partial charge in [-0.15, -0.1) is 11.3 Å². The van der Waals surface area contributed by atoms with Gasteiger partial charge in [0.25, 0.3) is 0 Å². The highest BCUT2D eigenvalue weighted by Crippen LogP contribution is 2.22. The monoisotopic (exact) mass is 300 g/mol. The molecule has 0 saturated heterocycles. The Labute approximate surface area is 130 Å². The van der Waals surface area contributed by atoms with Crippen LogP contribution in [0.4, 0.5) is 0 Å². The van der Waals surface area contributed by atoms with Crippen LogP contribution in [-0.4, -0.2) is 6.61 Å². The second kappa shape index (κ2) is 7.26. The summed E-state index contributed by atoms with van der Waals surface area (Å²) in [6.45, 7) is 7.43. The first-order valence-electron chi connectivity index (χ1n) is 6.99. The molecule has 0 spiro atoms. The van der Waals surface area contributed by atoms with Crippen molar-refractivity contribution in [3.8, 4) is 11.8 Å². The lowest BCUT2D eigenvalue weighted by Crippen LogP contribution is -2.17. The van der Waals surface area contributed by atoms with E-state index in [4.69, 9.17) is 10.00 Å². The normalized spacial score (nSPS) is 11.9. The van der Waals surface area contributed by atoms with Crippen LogP contribution in [0.2, 0.25) is 0 Å². The standard InChI is InChI=1S/C17H20N2OS/c1-12-10-17(21-14(12)3)11-19-13(2)15-4-6-16(7-5-15)20-9-8-18/h4-7,10,13,19H,9,11H2,1-3H3. The molecule has 1 N–H and O–H groups in total. The SMILES string of the molecule is Cc1cc(CNC(C)c2ccc(OCC#N)cc2)sc1C. The molecule has 21 heavy (non-hydrogen) atoms. The van der Waals surface area contributed by atoms with Crippen LogP contribution in [0, 0.1) is 25.2 Å². The molecule has 1 aromatic heterocycles. The fourth-order valence-electron chi connectivity index (χ4n) is 2.08. The maximum Gasteiger partial charge on any atom is 0.174 e. The minimum atomic E-state index is 0.0875. The number of aryl methyl sites for hydroxylation is 2. The maximum absolute atomic E-state index is 8.49. The van der Waals surface area contributed by atoms with E-state index in [1.165, 1.54) is 20.9 Å². The Hall–Kier alpha value is -1.83. The van der Waals surface area contributed by atoms with Crippen molar-refractivity contribution < 1.29 is 4.74 Å². The summed E-state index contributed by atoms with van der Waals surface area (Å²) in [7, 11) is 0. The van der Waals surface area contributed by atoms with Crippen molar-refractivity contribution in [3.05, 3.63) is 51.2 Å². The van der Waals surface area contributed by atoms with Crippen LogP contribution in [0.15, 0.2) is 30.3 Å². The number of ether oxygens (including phenoxy) is 1. The molecular formula is C17H20N2OS. The van der Waals surface area contributed by atoms with Crippen LogP contribution >= 0.6 is 11.3 Å². The van der Waals surface area contributed by atoms with Gasteiger partial charge in [-0.25, -0.2) is 0 Å². The Morgan fingerprint density at radius 2 is 2.00 bits per heavy atom. The fraction of sp³-hybridized carbons (Fsp3) is 0.353. The highest BCUT2D eigenvalue weighted by Gasteiger charge is 2.07. The Morgan fingerprint density at radius 3 is 2.57 bits per heavy atom. The van der Waals surface area contributed by atoms with Crippen molar-refractivity contribution in [2.75, 3.05) is 6.61 Å². The van der Waals surface area contributed by atoms with Crippen LogP contribution in [0.3, 0.4) is 0 Å². The summed E-state index contributed by atoms with van der Waals surface area (Å²) in [4.78, 5) is 2.75. The van der Waals surface area contributed by atoms with Gasteiger partial charge in [0, 0.05) is 22.3 Å². The number of thiophene rings is 1. The number of nitriles is 1. The molecule has 4 heteroatoms. The number of rotatable bonds is 6. The predicted molar refractivity (Wildman–Crippen MR) is 86.6 cm³/mol. The Bertz CT molecular complexity index is 606. The van der Waals surface area contributed by atoms with Crippen molar-refractivity contribution in [3.63, 3.8) is 0 Å². The molecule has 0 aliphatic heterocycles. The van der Waals surface area contributed by atoms with E-state index in [2.05, 4.69) is 32.2 Å². The van der Waals surface area contributed by atoms with Gasteiger partial charge in [-0.2, -0.15) is 5.26 Å². The predicted octanol–water partition coefficient (Wildman–Crippen LogP) is 4.12. The van der Waals surface area contributed by atoms with Gasteiger partial charge in [-0.3, -0.25) is 0 Å². The smallest absolute Gasteiger partial charge is 0.174 e. The first kappa shape index (κ1) is 15.6. The molecular weight excluding hydrogens is 280 g/mol. The molecule has 0 aliphatic carbocycles. The van der Waals surface area contributed by atoms with Gasteiger partial charge in [-0.05, 0) is 50.1 Å². The largest absolute Gasteiger partial charge is 0.479 e. The van der Waals surface area contributed by atoms with Crippen LogP contribution in [0.25, 0.3) is 0 Å². The summed E-state index contributed by atoms with van der Waals surface area (Å²) >= 11 is 1.85. The minimum Gasteiger partial charge on any atom is -0.479 e. The summed E-state index contributed by atoms with van der Waals surface area (Å²) in [5.41, 5.74) is 2.58. The van der Waals surface area contributed by atoms with Crippen LogP contribution < -0.4 is 10.1 Å². The third-order valence-electron chi connectivity index (χ3n) is 3.48. The first-order chi connectivity index (χ1) is 10.1. The number of nitrogens with zero attached hydrogens (tertiary/aromatic N) is 1. The Morgan fingerprint density at radius 1 is 1.29 bits per heavy atom. The number of benzene rings is 1. The van der Waals surface area contributed by atoms with Crippen LogP contribution in [0.5, 0.6) is 5.75 Å². The molecule has 0 bridgehead atoms. The van der Waals surface area contributed by atoms with Crippen molar-refractivity contribution in [2.24, 2.45) is 0 Å². The van der Waals surface area contributed by atoms with E-state index in [0.29, 0.717) is 0 Å². The van der Waals surface area contributed by atoms with E-state index >= 15 is 0 Å². The molecule has 3 nitrogen and oxygen atoms in total. The summed E-state index contributed by atoms with van der Waals surface area (Å²) in [6.07, 6.45) is 0. The molecule has 1 aromatic carbocycles. The minimum absolute atomic E-state index is 0.0875. The van der Waals surface area contributed by atoms with Crippen LogP contribution in [0.1, 0.15) is 33.8 Å². The molecule has 110 valence electrons. The third kappa shape index (κ3) is 4.32. The van der Waals surface area contributed by atoms with Crippen molar-refractivity contribution >= 4 is 11.3 Å². The van der Waals surface area contributed by atoms with E-state index < -0.39 is 0 Å². The summed E-state index contributed by atoms with van der Waals surface area (Å²) in [5, 5.41) is 12.0. The van der Waals surface area contributed by atoms with Crippen LogP contribution in [-0.2, 0) is 6.54 Å². The zero-order valence-corrected chi connectivity index (χ0v) is 13.5. The molecule has 0 radical (unpaired) electrons. The van der Waals surface area contributed by atoms with Gasteiger partial charge in [0.05, 0.1) is 0 Å². The van der Waals surface area contributed by atoms with Gasteiger partial charge < -0.3 is 10.1 Å². The van der Waals surface area contributed by atoms with E-state index in [1.54, 1.807) is 0 Å². The van der Waals surface area contributed by atoms with Crippen molar-refractivity contribution in [2.45, 2.75) is 33.4 Å². The number of hydrogen-bond acceptors (Lipinski definition) is 4. The van der Waals surface area contributed by atoms with Gasteiger partial charge in [0.2, 0.25) is 0 Å². The molecule has 0 fully saturated rings. The van der Waals surface area contributed by atoms with E-state index in [1.807, 2.05) is 41.7 Å². The van der Waals surface area contributed by atoms with E-state index in [-0.39, 0.29) is 12.6 Å². The molecule has 2 rings (SSSR count). The van der Waals surface area contributed by atoms with Gasteiger partial charge in [-0.1, -0.05) is 12.1 Å². The molecule has 1 heterocycles. The van der Waals surface area contributed by atoms with Crippen molar-refractivity contribution in [1.29, 1.82) is 5.26 Å². The topological polar surface area (TPSA) is 45.0 Å². The van der Waals surface area contributed by atoms with Gasteiger partial charge in [0.15, 0.2) is 6.61 Å². The summed E-state index contributed by atoms with van der Waals surface area (Å²) in [6, 6.07) is 12.4. The van der Waals surface area contributed by atoms with E-state index in [0.717, 1.165) is 12.3 Å². The second-order valence-electron chi connectivity index (χ2n) is 5.07. The molecule has 0 aliphatic rings. The summed E-state index contributed by atoms with van der Waals surface area (Å²) < 4.78 is 5.26. The third-order valence-corrected chi connectivity index (χ3v) is 4.64. The molecule has 0 amide bonds. The fourth-order valence-corrected chi connectivity index (χ4v) is 3.08. The molecule has 0 saturated carbocycles. The number of nitrogens with one attached hydrogen (secondary N) is 1. The van der Waals surface area contributed by atoms with E-state index in [9.17, 15) is 0 Å².